The van der Waals surface area contributed by atoms with Crippen molar-refractivity contribution in [3.05, 3.63) is 70.1 Å². The van der Waals surface area contributed by atoms with Crippen LogP contribution < -0.4 is 10.9 Å². The summed E-state index contributed by atoms with van der Waals surface area (Å²) in [7, 11) is 0. The molecule has 0 saturated heterocycles. The summed E-state index contributed by atoms with van der Waals surface area (Å²) >= 11 is 0. The van der Waals surface area contributed by atoms with E-state index in [1.165, 1.54) is 0 Å². The van der Waals surface area contributed by atoms with Gasteiger partial charge in [0.15, 0.2) is 12.4 Å². The monoisotopic (exact) mass is 407 g/mol. The molecular weight excluding hydrogens is 386 g/mol. The Labute approximate surface area is 172 Å². The van der Waals surface area contributed by atoms with E-state index >= 15 is 0 Å². The number of hydrogen-bond acceptors (Lipinski definition) is 6. The number of rotatable bonds is 7. The van der Waals surface area contributed by atoms with Gasteiger partial charge in [-0.25, -0.2) is 5.10 Å². The zero-order valence-electron chi connectivity index (χ0n) is 16.6. The number of carbonyl (C=O) groups excluding carboxylic acids is 3. The van der Waals surface area contributed by atoms with Gasteiger partial charge in [0.2, 0.25) is 5.91 Å². The van der Waals surface area contributed by atoms with Crippen LogP contribution in [0.2, 0.25) is 0 Å². The van der Waals surface area contributed by atoms with Crippen molar-refractivity contribution in [3.63, 3.8) is 0 Å². The number of hydrogen-bond donors (Lipinski definition) is 2. The number of nitrogens with one attached hydrogen (secondary N) is 2. The van der Waals surface area contributed by atoms with Crippen molar-refractivity contribution in [3.8, 4) is 0 Å². The molecule has 2 N–H and O–H groups in total. The molecule has 3 aromatic rings. The third-order valence-corrected chi connectivity index (χ3v) is 4.45. The molecule has 0 radical (unpaired) electrons. The molecule has 30 heavy (non-hydrogen) atoms. The molecule has 0 unspecified atom stereocenters. The van der Waals surface area contributed by atoms with Crippen LogP contribution in [-0.4, -0.2) is 34.5 Å². The summed E-state index contributed by atoms with van der Waals surface area (Å²) in [5.74, 6) is -1.27. The molecular formula is C22H21N3O5. The van der Waals surface area contributed by atoms with Crippen LogP contribution in [-0.2, 0) is 20.7 Å². The average Bonchev–Trinajstić information content (AvgIpc) is 2.74. The minimum atomic E-state index is -0.631. The van der Waals surface area contributed by atoms with Crippen LogP contribution in [0.5, 0.6) is 0 Å². The fraction of sp³-hybridized carbons (Fsp3) is 0.227. The molecule has 0 aliphatic heterocycles. The van der Waals surface area contributed by atoms with Crippen LogP contribution in [0.4, 0.5) is 5.69 Å². The number of ketones is 1. The molecule has 1 amide bonds. The molecule has 0 aliphatic rings. The fourth-order valence-corrected chi connectivity index (χ4v) is 2.75. The molecule has 154 valence electrons. The van der Waals surface area contributed by atoms with E-state index in [1.807, 2.05) is 0 Å². The summed E-state index contributed by atoms with van der Waals surface area (Å²) in [6.07, 6.45) is -0.176. The number of benzene rings is 2. The first kappa shape index (κ1) is 20.9. The summed E-state index contributed by atoms with van der Waals surface area (Å²) in [6.45, 7) is 3.15. The Balaban J connectivity index is 1.59. The number of esters is 1. The van der Waals surface area contributed by atoms with E-state index in [0.717, 1.165) is 0 Å². The van der Waals surface area contributed by atoms with Gasteiger partial charge >= 0.3 is 5.97 Å². The van der Waals surface area contributed by atoms with Crippen LogP contribution in [0, 0.1) is 5.92 Å². The number of H-pyrrole nitrogens is 1. The predicted molar refractivity (Wildman–Crippen MR) is 111 cm³/mol. The normalized spacial score (nSPS) is 10.8. The second-order valence-electron chi connectivity index (χ2n) is 7.03. The highest BCUT2D eigenvalue weighted by Gasteiger charge is 2.14. The first-order valence-electron chi connectivity index (χ1n) is 9.41. The van der Waals surface area contributed by atoms with Crippen molar-refractivity contribution < 1.29 is 19.1 Å². The summed E-state index contributed by atoms with van der Waals surface area (Å²) in [5, 5.41) is 10.00. The number of aromatic amines is 1. The first-order chi connectivity index (χ1) is 14.3. The van der Waals surface area contributed by atoms with Gasteiger partial charge in [0.05, 0.1) is 17.5 Å². The molecule has 1 heterocycles. The lowest BCUT2D eigenvalue weighted by atomic mass is 10.1. The van der Waals surface area contributed by atoms with E-state index in [9.17, 15) is 19.2 Å². The number of Topliss-reactive ketones (excluding diaryl/α,β-unsaturated/α-hetero) is 1. The maximum absolute atomic E-state index is 12.3. The second-order valence-corrected chi connectivity index (χ2v) is 7.03. The molecule has 2 aromatic carbocycles. The van der Waals surface area contributed by atoms with Crippen LogP contribution >= 0.6 is 0 Å². The largest absolute Gasteiger partial charge is 0.457 e. The topological polar surface area (TPSA) is 118 Å². The van der Waals surface area contributed by atoms with Gasteiger partial charge in [0.1, 0.15) is 0 Å². The van der Waals surface area contributed by atoms with Gasteiger partial charge in [-0.3, -0.25) is 19.2 Å². The standard InChI is InChI=1S/C22H21N3O5/c1-13(2)21(28)23-15-9-7-14(8-10-15)19(26)12-30-20(27)11-18-16-5-3-4-6-17(16)22(29)25-24-18/h3-10,13H,11-12H2,1-2H3,(H,23,28)(H,25,29). The highest BCUT2D eigenvalue weighted by atomic mass is 16.5. The summed E-state index contributed by atoms with van der Waals surface area (Å²) in [4.78, 5) is 47.9. The lowest BCUT2D eigenvalue weighted by Crippen LogP contribution is -2.19. The highest BCUT2D eigenvalue weighted by Crippen LogP contribution is 2.14. The van der Waals surface area contributed by atoms with E-state index in [-0.39, 0.29) is 29.6 Å². The zero-order chi connectivity index (χ0) is 21.7. The molecule has 1 aromatic heterocycles. The Morgan fingerprint density at radius 1 is 1.03 bits per heavy atom. The number of amides is 1. The molecule has 0 atom stereocenters. The Morgan fingerprint density at radius 3 is 2.37 bits per heavy atom. The number of anilines is 1. The molecule has 0 aliphatic carbocycles. The van der Waals surface area contributed by atoms with E-state index in [1.54, 1.807) is 62.4 Å². The first-order valence-corrected chi connectivity index (χ1v) is 9.41. The van der Waals surface area contributed by atoms with Gasteiger partial charge in [-0.15, -0.1) is 0 Å². The lowest BCUT2D eigenvalue weighted by Gasteiger charge is -2.09. The predicted octanol–water partition coefficient (Wildman–Crippen LogP) is 2.49. The number of ether oxygens (including phenoxy) is 1. The third kappa shape index (κ3) is 4.96. The van der Waals surface area contributed by atoms with Crippen LogP contribution in [0.1, 0.15) is 29.9 Å². The molecule has 0 saturated carbocycles. The van der Waals surface area contributed by atoms with Gasteiger partial charge in [-0.1, -0.05) is 32.0 Å². The molecule has 0 spiro atoms. The average molecular weight is 407 g/mol. The Hall–Kier alpha value is -3.81. The van der Waals surface area contributed by atoms with Crippen molar-refractivity contribution in [1.82, 2.24) is 10.2 Å². The third-order valence-electron chi connectivity index (χ3n) is 4.45. The SMILES string of the molecule is CC(C)C(=O)Nc1ccc(C(=O)COC(=O)Cc2n[nH]c(=O)c3ccccc23)cc1. The Morgan fingerprint density at radius 2 is 1.70 bits per heavy atom. The van der Waals surface area contributed by atoms with Crippen LogP contribution in [0.25, 0.3) is 10.8 Å². The van der Waals surface area contributed by atoms with Gasteiger partial charge in [0.25, 0.3) is 5.56 Å². The fourth-order valence-electron chi connectivity index (χ4n) is 2.75. The number of carbonyl (C=O) groups is 3. The number of fused-ring (bicyclic) bond motifs is 1. The zero-order valence-corrected chi connectivity index (χ0v) is 16.6. The number of nitrogens with zero attached hydrogens (tertiary/aromatic N) is 1. The Bertz CT molecular complexity index is 1150. The van der Waals surface area contributed by atoms with Gasteiger partial charge in [-0.2, -0.15) is 5.10 Å². The summed E-state index contributed by atoms with van der Waals surface area (Å²) < 4.78 is 5.08. The van der Waals surface area contributed by atoms with Gasteiger partial charge < -0.3 is 10.1 Å². The molecule has 0 bridgehead atoms. The van der Waals surface area contributed by atoms with E-state index < -0.39 is 12.6 Å². The molecule has 0 fully saturated rings. The minimum absolute atomic E-state index is 0.119. The summed E-state index contributed by atoms with van der Waals surface area (Å²) in [6, 6.07) is 13.2. The van der Waals surface area contributed by atoms with E-state index in [4.69, 9.17) is 4.74 Å². The van der Waals surface area contributed by atoms with Crippen molar-refractivity contribution in [2.75, 3.05) is 11.9 Å². The van der Waals surface area contributed by atoms with Gasteiger partial charge in [-0.05, 0) is 30.3 Å². The van der Waals surface area contributed by atoms with Crippen molar-refractivity contribution in [2.24, 2.45) is 5.92 Å². The maximum Gasteiger partial charge on any atom is 0.312 e. The van der Waals surface area contributed by atoms with E-state index in [2.05, 4.69) is 15.5 Å². The van der Waals surface area contributed by atoms with Crippen LogP contribution in [0.15, 0.2) is 53.3 Å². The highest BCUT2D eigenvalue weighted by molar-refractivity contribution is 5.99. The van der Waals surface area contributed by atoms with Crippen molar-refractivity contribution >= 4 is 34.1 Å². The number of aromatic nitrogens is 2. The Kier molecular flexibility index (Phi) is 6.36. The quantitative estimate of drug-likeness (QED) is 0.459. The second kappa shape index (κ2) is 9.13. The molecule has 8 nitrogen and oxygen atoms in total. The van der Waals surface area contributed by atoms with Crippen molar-refractivity contribution in [1.29, 1.82) is 0 Å². The lowest BCUT2D eigenvalue weighted by molar-refractivity contribution is -0.141. The van der Waals surface area contributed by atoms with Crippen molar-refractivity contribution in [2.45, 2.75) is 20.3 Å². The maximum atomic E-state index is 12.3. The van der Waals surface area contributed by atoms with Gasteiger partial charge in [0, 0.05) is 22.6 Å². The smallest absolute Gasteiger partial charge is 0.312 e. The minimum Gasteiger partial charge on any atom is -0.457 e. The molecule has 3 rings (SSSR count). The summed E-state index contributed by atoms with van der Waals surface area (Å²) in [5.41, 5.74) is 0.968. The van der Waals surface area contributed by atoms with E-state index in [0.29, 0.717) is 27.7 Å². The van der Waals surface area contributed by atoms with Crippen LogP contribution in [0.3, 0.4) is 0 Å². The molecule has 8 heteroatoms.